The van der Waals surface area contributed by atoms with E-state index in [9.17, 15) is 4.79 Å². The molecular weight excluding hydrogens is 346 g/mol. The van der Waals surface area contributed by atoms with Crippen LogP contribution in [0.5, 0.6) is 11.5 Å². The lowest BCUT2D eigenvalue weighted by Crippen LogP contribution is -2.52. The van der Waals surface area contributed by atoms with Gasteiger partial charge in [0.15, 0.2) is 17.6 Å². The molecule has 4 unspecified atom stereocenters. The van der Waals surface area contributed by atoms with Crippen molar-refractivity contribution in [1.29, 1.82) is 0 Å². The van der Waals surface area contributed by atoms with Gasteiger partial charge in [0.05, 0.1) is 19.8 Å². The number of hydrogen-bond acceptors (Lipinski definition) is 5. The number of amides is 1. The van der Waals surface area contributed by atoms with E-state index in [-0.39, 0.29) is 18.7 Å². The van der Waals surface area contributed by atoms with Gasteiger partial charge in [0, 0.05) is 12.6 Å². The summed E-state index contributed by atoms with van der Waals surface area (Å²) in [5, 5.41) is 0. The molecule has 0 N–H and O–H groups in total. The van der Waals surface area contributed by atoms with Crippen molar-refractivity contribution in [2.75, 3.05) is 26.6 Å². The van der Waals surface area contributed by atoms with Gasteiger partial charge in [0.25, 0.3) is 5.91 Å². The molecule has 0 radical (unpaired) electrons. The fraction of sp³-hybridized carbons (Fsp3) is 0.667. The quantitative estimate of drug-likeness (QED) is 0.810. The predicted octanol–water partition coefficient (Wildman–Crippen LogP) is 2.98. The first-order chi connectivity index (χ1) is 13.1. The zero-order valence-electron chi connectivity index (χ0n) is 16.2. The normalized spacial score (nSPS) is 30.1. The van der Waals surface area contributed by atoms with E-state index in [1.165, 1.54) is 6.42 Å². The van der Waals surface area contributed by atoms with Gasteiger partial charge < -0.3 is 23.8 Å². The zero-order valence-corrected chi connectivity index (χ0v) is 16.2. The van der Waals surface area contributed by atoms with Crippen molar-refractivity contribution < 1.29 is 23.7 Å². The summed E-state index contributed by atoms with van der Waals surface area (Å²) in [6.45, 7) is 6.75. The summed E-state index contributed by atoms with van der Waals surface area (Å²) in [5.41, 5.74) is 1.05. The molecule has 1 aromatic rings. The van der Waals surface area contributed by atoms with Crippen LogP contribution in [-0.2, 0) is 20.8 Å². The number of ether oxygens (including phenoxy) is 4. The molecule has 1 saturated heterocycles. The molecule has 0 aromatic heterocycles. The molecule has 4 rings (SSSR count). The van der Waals surface area contributed by atoms with E-state index in [1.807, 2.05) is 23.1 Å². The molecule has 1 aromatic carbocycles. The van der Waals surface area contributed by atoms with Gasteiger partial charge in [-0.2, -0.15) is 0 Å². The number of benzene rings is 1. The predicted molar refractivity (Wildman–Crippen MR) is 99.6 cm³/mol. The lowest BCUT2D eigenvalue weighted by Gasteiger charge is -2.43. The SMILES string of the molecule is CC1CCCC(N(Cc2ccc3c(c2)OCO3)C(=O)C2COCCO2)C1C. The first-order valence-electron chi connectivity index (χ1n) is 10.0. The number of fused-ring (bicyclic) bond motifs is 1. The molecule has 2 aliphatic heterocycles. The largest absolute Gasteiger partial charge is 0.454 e. The van der Waals surface area contributed by atoms with Crippen LogP contribution in [0.25, 0.3) is 0 Å². The van der Waals surface area contributed by atoms with E-state index in [2.05, 4.69) is 13.8 Å². The van der Waals surface area contributed by atoms with Crippen LogP contribution < -0.4 is 9.47 Å². The van der Waals surface area contributed by atoms with Crippen LogP contribution in [0.4, 0.5) is 0 Å². The number of nitrogens with zero attached hydrogens (tertiary/aromatic N) is 1. The summed E-state index contributed by atoms with van der Waals surface area (Å²) < 4.78 is 22.1. The van der Waals surface area contributed by atoms with Gasteiger partial charge in [-0.1, -0.05) is 32.8 Å². The lowest BCUT2D eigenvalue weighted by atomic mass is 9.77. The molecule has 148 valence electrons. The zero-order chi connectivity index (χ0) is 18.8. The van der Waals surface area contributed by atoms with E-state index < -0.39 is 6.10 Å². The van der Waals surface area contributed by atoms with Gasteiger partial charge in [-0.25, -0.2) is 0 Å². The third-order valence-electron chi connectivity index (χ3n) is 6.23. The van der Waals surface area contributed by atoms with Crippen molar-refractivity contribution in [1.82, 2.24) is 4.90 Å². The number of carbonyl (C=O) groups is 1. The highest BCUT2D eigenvalue weighted by molar-refractivity contribution is 5.81. The van der Waals surface area contributed by atoms with Crippen molar-refractivity contribution in [3.63, 3.8) is 0 Å². The maximum atomic E-state index is 13.4. The molecule has 4 atom stereocenters. The fourth-order valence-corrected chi connectivity index (χ4v) is 4.40. The Labute approximate surface area is 160 Å². The molecule has 0 spiro atoms. The number of carbonyl (C=O) groups excluding carboxylic acids is 1. The Morgan fingerprint density at radius 1 is 1.15 bits per heavy atom. The van der Waals surface area contributed by atoms with Crippen LogP contribution in [0.15, 0.2) is 18.2 Å². The third kappa shape index (κ3) is 3.92. The average Bonchev–Trinajstić information content (AvgIpc) is 3.16. The van der Waals surface area contributed by atoms with Crippen molar-refractivity contribution in [3.8, 4) is 11.5 Å². The topological polar surface area (TPSA) is 57.2 Å². The maximum Gasteiger partial charge on any atom is 0.254 e. The van der Waals surface area contributed by atoms with Crippen molar-refractivity contribution >= 4 is 5.91 Å². The van der Waals surface area contributed by atoms with Crippen molar-refractivity contribution in [2.45, 2.75) is 51.8 Å². The van der Waals surface area contributed by atoms with Gasteiger partial charge in [0.2, 0.25) is 6.79 Å². The van der Waals surface area contributed by atoms with Gasteiger partial charge in [0.1, 0.15) is 0 Å². The maximum absolute atomic E-state index is 13.4. The van der Waals surface area contributed by atoms with E-state index in [0.717, 1.165) is 29.9 Å². The summed E-state index contributed by atoms with van der Waals surface area (Å²) in [4.78, 5) is 15.4. The Morgan fingerprint density at radius 2 is 2.00 bits per heavy atom. The fourth-order valence-electron chi connectivity index (χ4n) is 4.40. The van der Waals surface area contributed by atoms with Crippen LogP contribution in [0, 0.1) is 11.8 Å². The van der Waals surface area contributed by atoms with Crippen molar-refractivity contribution in [2.24, 2.45) is 11.8 Å². The molecule has 3 aliphatic rings. The summed E-state index contributed by atoms with van der Waals surface area (Å²) in [6, 6.07) is 6.14. The molecule has 27 heavy (non-hydrogen) atoms. The van der Waals surface area contributed by atoms with Gasteiger partial charge in [-0.3, -0.25) is 4.79 Å². The molecule has 6 heteroatoms. The van der Waals surface area contributed by atoms with Crippen LogP contribution in [0.1, 0.15) is 38.7 Å². The van der Waals surface area contributed by atoms with Crippen LogP contribution in [0.3, 0.4) is 0 Å². The molecule has 6 nitrogen and oxygen atoms in total. The minimum absolute atomic E-state index is 0.0401. The van der Waals surface area contributed by atoms with E-state index in [0.29, 0.717) is 38.2 Å². The Kier molecular flexibility index (Phi) is 5.55. The highest BCUT2D eigenvalue weighted by Gasteiger charge is 2.37. The molecule has 2 fully saturated rings. The number of rotatable bonds is 4. The van der Waals surface area contributed by atoms with E-state index in [1.54, 1.807) is 0 Å². The second-order valence-corrected chi connectivity index (χ2v) is 7.92. The molecule has 1 amide bonds. The van der Waals surface area contributed by atoms with E-state index in [4.69, 9.17) is 18.9 Å². The summed E-state index contributed by atoms with van der Waals surface area (Å²) in [7, 11) is 0. The minimum atomic E-state index is -0.503. The molecule has 1 aliphatic carbocycles. The first-order valence-corrected chi connectivity index (χ1v) is 10.0. The molecule has 1 saturated carbocycles. The third-order valence-corrected chi connectivity index (χ3v) is 6.23. The molecule has 2 heterocycles. The summed E-state index contributed by atoms with van der Waals surface area (Å²) in [6.07, 6.45) is 2.92. The van der Waals surface area contributed by atoms with E-state index >= 15 is 0 Å². The second-order valence-electron chi connectivity index (χ2n) is 7.92. The standard InChI is InChI=1S/C21H29NO5/c1-14-4-3-5-17(15(14)2)22(21(23)20-12-24-8-9-25-20)11-16-6-7-18-19(10-16)27-13-26-18/h6-7,10,14-15,17,20H,3-5,8-9,11-13H2,1-2H3. The van der Waals surface area contributed by atoms with Crippen LogP contribution >= 0.6 is 0 Å². The Balaban J connectivity index is 1.57. The Hall–Kier alpha value is -1.79. The highest BCUT2D eigenvalue weighted by atomic mass is 16.7. The minimum Gasteiger partial charge on any atom is -0.454 e. The van der Waals surface area contributed by atoms with Gasteiger partial charge >= 0.3 is 0 Å². The molecular formula is C21H29NO5. The highest BCUT2D eigenvalue weighted by Crippen LogP contribution is 2.36. The van der Waals surface area contributed by atoms with Crippen molar-refractivity contribution in [3.05, 3.63) is 23.8 Å². The van der Waals surface area contributed by atoms with Gasteiger partial charge in [-0.05, 0) is 36.0 Å². The van der Waals surface area contributed by atoms with Crippen LogP contribution in [0.2, 0.25) is 0 Å². The number of hydrogen-bond donors (Lipinski definition) is 0. The summed E-state index contributed by atoms with van der Waals surface area (Å²) >= 11 is 0. The summed E-state index contributed by atoms with van der Waals surface area (Å²) in [5.74, 6) is 2.63. The Morgan fingerprint density at radius 3 is 2.81 bits per heavy atom. The Bertz CT molecular complexity index is 673. The smallest absolute Gasteiger partial charge is 0.254 e. The van der Waals surface area contributed by atoms with Gasteiger partial charge in [-0.15, -0.1) is 0 Å². The average molecular weight is 375 g/mol. The molecule has 0 bridgehead atoms. The lowest BCUT2D eigenvalue weighted by molar-refractivity contribution is -0.163. The second kappa shape index (κ2) is 8.07. The first kappa shape index (κ1) is 18.6. The monoisotopic (exact) mass is 375 g/mol. The van der Waals surface area contributed by atoms with Crippen LogP contribution in [-0.4, -0.2) is 49.6 Å².